The van der Waals surface area contributed by atoms with Crippen molar-refractivity contribution in [1.82, 2.24) is 14.3 Å². The molecule has 0 radical (unpaired) electrons. The Bertz CT molecular complexity index is 1130. The Morgan fingerprint density at radius 3 is 1.73 bits per heavy atom. The Morgan fingerprint density at radius 1 is 0.833 bits per heavy atom. The molecule has 7 nitrogen and oxygen atoms in total. The average molecular weight is 421 g/mol. The number of benzene rings is 2. The molecule has 0 aliphatic heterocycles. The van der Waals surface area contributed by atoms with Crippen LogP contribution in [-0.4, -0.2) is 28.6 Å². The van der Waals surface area contributed by atoms with Gasteiger partial charge in [0.15, 0.2) is 0 Å². The van der Waals surface area contributed by atoms with Gasteiger partial charge in [0.1, 0.15) is 11.5 Å². The first-order valence-electron chi connectivity index (χ1n) is 8.78. The Morgan fingerprint density at radius 2 is 1.30 bits per heavy atom. The number of halogens is 3. The molecule has 0 amide bonds. The number of hydrogen-bond donors (Lipinski definition) is 0. The van der Waals surface area contributed by atoms with Crippen molar-refractivity contribution in [3.63, 3.8) is 0 Å². The molecule has 3 aromatic rings. The fraction of sp³-hybridized carbons (Fsp3) is 0.250. The van der Waals surface area contributed by atoms with Crippen LogP contribution in [0.15, 0.2) is 58.1 Å². The summed E-state index contributed by atoms with van der Waals surface area (Å²) in [5.74, 6) is 1.09. The molecule has 0 saturated carbocycles. The summed E-state index contributed by atoms with van der Waals surface area (Å²) in [5.41, 5.74) is -3.10. The summed E-state index contributed by atoms with van der Waals surface area (Å²) < 4.78 is 51.4. The van der Waals surface area contributed by atoms with Gasteiger partial charge in [-0.3, -0.25) is 9.36 Å². The zero-order chi connectivity index (χ0) is 21.9. The molecule has 0 saturated heterocycles. The third-order valence-corrected chi connectivity index (χ3v) is 4.38. The SMILES string of the molecule is COc1ccc(Cn2nc(C(F)(F)F)c(=O)n(Cc3ccc(OC)cc3)c2=O)cc1. The van der Waals surface area contributed by atoms with Crippen molar-refractivity contribution < 1.29 is 22.6 Å². The second-order valence-electron chi connectivity index (χ2n) is 6.37. The van der Waals surface area contributed by atoms with Crippen LogP contribution < -0.4 is 20.7 Å². The van der Waals surface area contributed by atoms with Crippen molar-refractivity contribution in [2.24, 2.45) is 0 Å². The van der Waals surface area contributed by atoms with E-state index >= 15 is 0 Å². The number of aromatic nitrogens is 3. The van der Waals surface area contributed by atoms with Gasteiger partial charge in [-0.1, -0.05) is 24.3 Å². The molecule has 0 atom stereocenters. The van der Waals surface area contributed by atoms with E-state index in [2.05, 4.69) is 5.10 Å². The van der Waals surface area contributed by atoms with Crippen LogP contribution in [0, 0.1) is 0 Å². The van der Waals surface area contributed by atoms with Crippen LogP contribution >= 0.6 is 0 Å². The summed E-state index contributed by atoms with van der Waals surface area (Å²) in [6.07, 6.45) is -5.01. The fourth-order valence-electron chi connectivity index (χ4n) is 2.80. The molecular weight excluding hydrogens is 403 g/mol. The normalized spacial score (nSPS) is 11.4. The maximum atomic E-state index is 13.4. The van der Waals surface area contributed by atoms with E-state index in [1.807, 2.05) is 0 Å². The summed E-state index contributed by atoms with van der Waals surface area (Å²) in [6, 6.07) is 12.7. The molecule has 10 heteroatoms. The first-order chi connectivity index (χ1) is 14.2. The second kappa shape index (κ2) is 8.44. The van der Waals surface area contributed by atoms with E-state index in [9.17, 15) is 22.8 Å². The predicted molar refractivity (Wildman–Crippen MR) is 102 cm³/mol. The molecule has 0 spiro atoms. The van der Waals surface area contributed by atoms with Gasteiger partial charge in [-0.05, 0) is 35.4 Å². The molecule has 2 aromatic carbocycles. The minimum absolute atomic E-state index is 0.241. The Balaban J connectivity index is 2.06. The smallest absolute Gasteiger partial charge is 0.440 e. The lowest BCUT2D eigenvalue weighted by molar-refractivity contribution is -0.144. The van der Waals surface area contributed by atoms with Gasteiger partial charge in [0.05, 0.1) is 27.3 Å². The molecule has 30 heavy (non-hydrogen) atoms. The van der Waals surface area contributed by atoms with E-state index < -0.39 is 23.1 Å². The van der Waals surface area contributed by atoms with Gasteiger partial charge in [-0.2, -0.15) is 18.3 Å². The lowest BCUT2D eigenvalue weighted by Gasteiger charge is -2.14. The largest absolute Gasteiger partial charge is 0.497 e. The van der Waals surface area contributed by atoms with Crippen LogP contribution in [0.4, 0.5) is 13.2 Å². The number of alkyl halides is 3. The summed E-state index contributed by atoms with van der Waals surface area (Å²) in [5, 5.41) is 3.31. The molecule has 0 aliphatic rings. The molecule has 1 heterocycles. The maximum Gasteiger partial charge on any atom is 0.440 e. The number of rotatable bonds is 6. The van der Waals surface area contributed by atoms with Crippen molar-refractivity contribution in [1.29, 1.82) is 0 Å². The Kier molecular flexibility index (Phi) is 5.95. The first kappa shape index (κ1) is 21.2. The average Bonchev–Trinajstić information content (AvgIpc) is 2.73. The van der Waals surface area contributed by atoms with Crippen LogP contribution in [-0.2, 0) is 19.3 Å². The van der Waals surface area contributed by atoms with Crippen molar-refractivity contribution in [2.75, 3.05) is 14.2 Å². The first-order valence-corrected chi connectivity index (χ1v) is 8.78. The third kappa shape index (κ3) is 4.53. The van der Waals surface area contributed by atoms with Crippen molar-refractivity contribution in [2.45, 2.75) is 19.3 Å². The van der Waals surface area contributed by atoms with E-state index in [0.29, 0.717) is 31.9 Å². The van der Waals surface area contributed by atoms with E-state index in [4.69, 9.17) is 9.47 Å². The van der Waals surface area contributed by atoms with Gasteiger partial charge in [0.25, 0.3) is 5.56 Å². The molecule has 0 bridgehead atoms. The molecule has 3 rings (SSSR count). The van der Waals surface area contributed by atoms with Crippen LogP contribution in [0.1, 0.15) is 16.8 Å². The predicted octanol–water partition coefficient (Wildman–Crippen LogP) is 2.54. The van der Waals surface area contributed by atoms with Gasteiger partial charge in [-0.25, -0.2) is 9.48 Å². The van der Waals surface area contributed by atoms with Crippen LogP contribution in [0.25, 0.3) is 0 Å². The van der Waals surface area contributed by atoms with E-state index in [0.717, 1.165) is 0 Å². The number of hydrogen-bond acceptors (Lipinski definition) is 5. The van der Waals surface area contributed by atoms with Gasteiger partial charge in [0.2, 0.25) is 5.69 Å². The summed E-state index contributed by atoms with van der Waals surface area (Å²) in [4.78, 5) is 25.1. The zero-order valence-electron chi connectivity index (χ0n) is 16.1. The lowest BCUT2D eigenvalue weighted by Crippen LogP contribution is -2.45. The molecule has 0 aliphatic carbocycles. The standard InChI is InChI=1S/C20H18F3N3O4/c1-29-15-7-3-13(4-8-15)11-25-18(27)17(20(21,22)23)24-26(19(25)28)12-14-5-9-16(30-2)10-6-14/h3-10H,11-12H2,1-2H3. The lowest BCUT2D eigenvalue weighted by atomic mass is 10.2. The highest BCUT2D eigenvalue weighted by molar-refractivity contribution is 5.28. The summed E-state index contributed by atoms with van der Waals surface area (Å²) in [6.45, 7) is -0.579. The Hall–Kier alpha value is -3.56. The minimum Gasteiger partial charge on any atom is -0.497 e. The molecule has 158 valence electrons. The number of nitrogens with zero attached hydrogens (tertiary/aromatic N) is 3. The van der Waals surface area contributed by atoms with Gasteiger partial charge in [-0.15, -0.1) is 0 Å². The molecule has 1 aromatic heterocycles. The summed E-state index contributed by atoms with van der Waals surface area (Å²) >= 11 is 0. The summed E-state index contributed by atoms with van der Waals surface area (Å²) in [7, 11) is 2.95. The monoisotopic (exact) mass is 421 g/mol. The second-order valence-corrected chi connectivity index (χ2v) is 6.37. The van der Waals surface area contributed by atoms with E-state index in [-0.39, 0.29) is 13.1 Å². The molecule has 0 fully saturated rings. The van der Waals surface area contributed by atoms with Crippen LogP contribution in [0.5, 0.6) is 11.5 Å². The highest BCUT2D eigenvalue weighted by atomic mass is 19.4. The van der Waals surface area contributed by atoms with Gasteiger partial charge in [0, 0.05) is 0 Å². The number of ether oxygens (including phenoxy) is 2. The van der Waals surface area contributed by atoms with E-state index in [1.54, 1.807) is 48.5 Å². The molecule has 0 N–H and O–H groups in total. The van der Waals surface area contributed by atoms with Gasteiger partial charge >= 0.3 is 11.9 Å². The molecular formula is C20H18F3N3O4. The number of methoxy groups -OCH3 is 2. The topological polar surface area (TPSA) is 75.3 Å². The minimum atomic E-state index is -5.01. The van der Waals surface area contributed by atoms with E-state index in [1.165, 1.54) is 14.2 Å². The maximum absolute atomic E-state index is 13.4. The highest BCUT2D eigenvalue weighted by Gasteiger charge is 2.38. The van der Waals surface area contributed by atoms with Crippen LogP contribution in [0.3, 0.4) is 0 Å². The zero-order valence-corrected chi connectivity index (χ0v) is 16.1. The Labute approximate surface area is 168 Å². The third-order valence-electron chi connectivity index (χ3n) is 4.38. The quantitative estimate of drug-likeness (QED) is 0.612. The van der Waals surface area contributed by atoms with Gasteiger partial charge < -0.3 is 9.47 Å². The van der Waals surface area contributed by atoms with Crippen molar-refractivity contribution >= 4 is 0 Å². The highest BCUT2D eigenvalue weighted by Crippen LogP contribution is 2.24. The van der Waals surface area contributed by atoms with Crippen molar-refractivity contribution in [3.8, 4) is 11.5 Å². The van der Waals surface area contributed by atoms with Crippen LogP contribution in [0.2, 0.25) is 0 Å². The van der Waals surface area contributed by atoms with Crippen molar-refractivity contribution in [3.05, 3.63) is 86.2 Å². The molecule has 0 unspecified atom stereocenters. The fourth-order valence-corrected chi connectivity index (χ4v) is 2.80.